The molecule has 5 heteroatoms. The predicted octanol–water partition coefficient (Wildman–Crippen LogP) is 1.19. The maximum atomic E-state index is 11.4. The van der Waals surface area contributed by atoms with E-state index in [-0.39, 0.29) is 11.9 Å². The van der Waals surface area contributed by atoms with Crippen LogP contribution in [0.3, 0.4) is 0 Å². The van der Waals surface area contributed by atoms with Crippen molar-refractivity contribution in [3.8, 4) is 0 Å². The third kappa shape index (κ3) is 7.52. The molecule has 0 fully saturated rings. The number of aliphatic carboxylic acids is 1. The van der Waals surface area contributed by atoms with Gasteiger partial charge in [-0.3, -0.25) is 9.59 Å². The Hall–Kier alpha value is -1.36. The van der Waals surface area contributed by atoms with Gasteiger partial charge in [0, 0.05) is 19.1 Å². The van der Waals surface area contributed by atoms with Crippen LogP contribution in [0.2, 0.25) is 0 Å². The lowest BCUT2D eigenvalue weighted by molar-refractivity contribution is -0.142. The molecule has 0 spiro atoms. The van der Waals surface area contributed by atoms with Crippen LogP contribution < -0.4 is 5.32 Å². The van der Waals surface area contributed by atoms with Crippen molar-refractivity contribution >= 4 is 11.9 Å². The normalized spacial score (nSPS) is 13.8. The molecule has 2 N–H and O–H groups in total. The zero-order chi connectivity index (χ0) is 13.3. The minimum atomic E-state index is -0.910. The molecule has 0 radical (unpaired) electrons. The van der Waals surface area contributed by atoms with E-state index in [1.54, 1.807) is 19.9 Å². The topological polar surface area (TPSA) is 75.6 Å². The monoisotopic (exact) mass is 243 g/mol. The summed E-state index contributed by atoms with van der Waals surface area (Å²) < 4.78 is 5.13. The lowest BCUT2D eigenvalue weighted by Gasteiger charge is -2.17. The zero-order valence-corrected chi connectivity index (χ0v) is 10.4. The van der Waals surface area contributed by atoms with Crippen molar-refractivity contribution in [3.05, 3.63) is 12.7 Å². The van der Waals surface area contributed by atoms with Crippen molar-refractivity contribution in [1.82, 2.24) is 5.32 Å². The summed E-state index contributed by atoms with van der Waals surface area (Å²) in [7, 11) is 0. The predicted molar refractivity (Wildman–Crippen MR) is 64.7 cm³/mol. The number of carbonyl (C=O) groups is 2. The van der Waals surface area contributed by atoms with Crippen molar-refractivity contribution in [2.45, 2.75) is 32.7 Å². The largest absolute Gasteiger partial charge is 0.481 e. The van der Waals surface area contributed by atoms with Crippen LogP contribution in [0.1, 0.15) is 26.7 Å². The Labute approximate surface area is 102 Å². The molecule has 2 atom stereocenters. The van der Waals surface area contributed by atoms with E-state index < -0.39 is 11.9 Å². The van der Waals surface area contributed by atoms with Gasteiger partial charge in [0.25, 0.3) is 0 Å². The number of ether oxygens (including phenoxy) is 1. The smallest absolute Gasteiger partial charge is 0.308 e. The number of nitrogens with one attached hydrogen (secondary N) is 1. The Morgan fingerprint density at radius 2 is 2.12 bits per heavy atom. The maximum absolute atomic E-state index is 11.4. The van der Waals surface area contributed by atoms with Gasteiger partial charge in [0.2, 0.25) is 5.91 Å². The molecule has 0 rings (SSSR count). The first-order valence-electron chi connectivity index (χ1n) is 5.69. The summed E-state index contributed by atoms with van der Waals surface area (Å²) >= 11 is 0. The second-order valence-corrected chi connectivity index (χ2v) is 3.95. The molecule has 0 aromatic heterocycles. The summed E-state index contributed by atoms with van der Waals surface area (Å²) in [5.41, 5.74) is 0. The Morgan fingerprint density at radius 3 is 2.65 bits per heavy atom. The summed E-state index contributed by atoms with van der Waals surface area (Å²) in [5, 5.41) is 11.4. The lowest BCUT2D eigenvalue weighted by Crippen LogP contribution is -2.40. The van der Waals surface area contributed by atoms with E-state index in [1.165, 1.54) is 0 Å². The Balaban J connectivity index is 3.71. The van der Waals surface area contributed by atoms with Crippen LogP contribution in [-0.4, -0.2) is 36.2 Å². The highest BCUT2D eigenvalue weighted by Gasteiger charge is 2.20. The lowest BCUT2D eigenvalue weighted by atomic mass is 10.0. The quantitative estimate of drug-likeness (QED) is 0.471. The standard InChI is InChI=1S/C12H21NO4/c1-4-7-17-8-5-6-11(14)13-10(3)9(2)12(15)16/h4,9-10H,1,5-8H2,2-3H3,(H,13,14)(H,15,16). The number of rotatable bonds is 9. The summed E-state index contributed by atoms with van der Waals surface area (Å²) in [6, 6.07) is -0.367. The van der Waals surface area contributed by atoms with Gasteiger partial charge in [-0.05, 0) is 20.3 Å². The van der Waals surface area contributed by atoms with Crippen LogP contribution in [0.4, 0.5) is 0 Å². The van der Waals surface area contributed by atoms with Crippen LogP contribution in [-0.2, 0) is 14.3 Å². The molecule has 0 aromatic carbocycles. The molecule has 0 saturated carbocycles. The molecule has 0 aliphatic rings. The van der Waals surface area contributed by atoms with Crippen LogP contribution in [0.15, 0.2) is 12.7 Å². The number of hydrogen-bond acceptors (Lipinski definition) is 3. The Bertz CT molecular complexity index is 265. The summed E-state index contributed by atoms with van der Waals surface area (Å²) in [6.45, 7) is 7.75. The van der Waals surface area contributed by atoms with Gasteiger partial charge in [-0.1, -0.05) is 6.08 Å². The molecule has 0 aliphatic heterocycles. The van der Waals surface area contributed by atoms with Gasteiger partial charge in [-0.2, -0.15) is 0 Å². The molecular weight excluding hydrogens is 222 g/mol. The fraction of sp³-hybridized carbons (Fsp3) is 0.667. The highest BCUT2D eigenvalue weighted by molar-refractivity contribution is 5.77. The number of carboxylic acid groups (broad SMARTS) is 1. The van der Waals surface area contributed by atoms with Crippen molar-refractivity contribution in [3.63, 3.8) is 0 Å². The minimum Gasteiger partial charge on any atom is -0.481 e. The van der Waals surface area contributed by atoms with E-state index in [0.29, 0.717) is 26.1 Å². The molecular formula is C12H21NO4. The van der Waals surface area contributed by atoms with Crippen molar-refractivity contribution in [1.29, 1.82) is 0 Å². The SMILES string of the molecule is C=CCOCCCC(=O)NC(C)C(C)C(=O)O. The van der Waals surface area contributed by atoms with Crippen molar-refractivity contribution in [2.24, 2.45) is 5.92 Å². The third-order valence-corrected chi connectivity index (χ3v) is 2.46. The van der Waals surface area contributed by atoms with E-state index >= 15 is 0 Å². The number of carboxylic acids is 1. The van der Waals surface area contributed by atoms with Gasteiger partial charge in [0.05, 0.1) is 12.5 Å². The molecule has 0 bridgehead atoms. The van der Waals surface area contributed by atoms with Crippen LogP contribution >= 0.6 is 0 Å². The number of carbonyl (C=O) groups excluding carboxylic acids is 1. The highest BCUT2D eigenvalue weighted by Crippen LogP contribution is 2.03. The van der Waals surface area contributed by atoms with Gasteiger partial charge in [0.1, 0.15) is 0 Å². The van der Waals surface area contributed by atoms with Crippen LogP contribution in [0.5, 0.6) is 0 Å². The summed E-state index contributed by atoms with van der Waals surface area (Å²) in [5.74, 6) is -1.64. The van der Waals surface area contributed by atoms with E-state index in [1.807, 2.05) is 0 Å². The van der Waals surface area contributed by atoms with Gasteiger partial charge in [-0.25, -0.2) is 0 Å². The average molecular weight is 243 g/mol. The molecule has 0 aliphatic carbocycles. The summed E-state index contributed by atoms with van der Waals surface area (Å²) in [4.78, 5) is 22.1. The second-order valence-electron chi connectivity index (χ2n) is 3.95. The molecule has 2 unspecified atom stereocenters. The molecule has 0 aromatic rings. The fourth-order valence-electron chi connectivity index (χ4n) is 1.17. The van der Waals surface area contributed by atoms with E-state index in [0.717, 1.165) is 0 Å². The zero-order valence-electron chi connectivity index (χ0n) is 10.4. The van der Waals surface area contributed by atoms with Gasteiger partial charge in [-0.15, -0.1) is 6.58 Å². The maximum Gasteiger partial charge on any atom is 0.308 e. The molecule has 17 heavy (non-hydrogen) atoms. The first-order valence-corrected chi connectivity index (χ1v) is 5.69. The minimum absolute atomic E-state index is 0.146. The molecule has 98 valence electrons. The van der Waals surface area contributed by atoms with Gasteiger partial charge in [0.15, 0.2) is 0 Å². The fourth-order valence-corrected chi connectivity index (χ4v) is 1.17. The molecule has 0 heterocycles. The summed E-state index contributed by atoms with van der Waals surface area (Å²) in [6.07, 6.45) is 2.61. The Morgan fingerprint density at radius 1 is 1.47 bits per heavy atom. The van der Waals surface area contributed by atoms with Crippen LogP contribution in [0.25, 0.3) is 0 Å². The first kappa shape index (κ1) is 15.6. The van der Waals surface area contributed by atoms with Gasteiger partial charge >= 0.3 is 5.97 Å². The van der Waals surface area contributed by atoms with E-state index in [9.17, 15) is 9.59 Å². The number of amides is 1. The first-order chi connectivity index (χ1) is 7.99. The van der Waals surface area contributed by atoms with Crippen molar-refractivity contribution < 1.29 is 19.4 Å². The highest BCUT2D eigenvalue weighted by atomic mass is 16.5. The molecule has 5 nitrogen and oxygen atoms in total. The van der Waals surface area contributed by atoms with Gasteiger partial charge < -0.3 is 15.2 Å². The molecule has 1 amide bonds. The van der Waals surface area contributed by atoms with Crippen LogP contribution in [0, 0.1) is 5.92 Å². The second kappa shape index (κ2) is 8.75. The average Bonchev–Trinajstić information content (AvgIpc) is 2.27. The molecule has 0 saturated heterocycles. The van der Waals surface area contributed by atoms with Crippen molar-refractivity contribution in [2.75, 3.05) is 13.2 Å². The van der Waals surface area contributed by atoms with E-state index in [2.05, 4.69) is 11.9 Å². The Kier molecular flexibility index (Phi) is 8.05. The van der Waals surface area contributed by atoms with E-state index in [4.69, 9.17) is 9.84 Å². The number of hydrogen-bond donors (Lipinski definition) is 2. The third-order valence-electron chi connectivity index (χ3n) is 2.46.